The Morgan fingerprint density at radius 2 is 1.98 bits per heavy atom. The van der Waals surface area contributed by atoms with Crippen LogP contribution < -0.4 is 15.9 Å². The molecule has 5 rings (SSSR count). The van der Waals surface area contributed by atoms with Crippen LogP contribution in [0.2, 0.25) is 0 Å². The van der Waals surface area contributed by atoms with Gasteiger partial charge in [0.05, 0.1) is 22.1 Å². The lowest BCUT2D eigenvalue weighted by atomic mass is 9.99. The van der Waals surface area contributed by atoms with Crippen LogP contribution in [0.15, 0.2) is 60.9 Å². The van der Waals surface area contributed by atoms with Crippen LogP contribution in [0.5, 0.6) is 0 Å². The van der Waals surface area contributed by atoms with Gasteiger partial charge in [0.2, 0.25) is 0 Å². The molecule has 42 heavy (non-hydrogen) atoms. The van der Waals surface area contributed by atoms with E-state index in [9.17, 15) is 4.39 Å². The summed E-state index contributed by atoms with van der Waals surface area (Å²) in [4.78, 5) is 14.8. The molecule has 0 unspecified atom stereocenters. The Balaban J connectivity index is 1.45. The number of hydrogen-bond donors (Lipinski definition) is 3. The van der Waals surface area contributed by atoms with E-state index in [1.165, 1.54) is 0 Å². The van der Waals surface area contributed by atoms with Crippen LogP contribution in [-0.4, -0.2) is 56.7 Å². The van der Waals surface area contributed by atoms with Crippen molar-refractivity contribution in [3.63, 3.8) is 0 Å². The maximum absolute atomic E-state index is 14.7. The SMILES string of the molecule is C=c1c(-c2nc3c(-c4cc(F)cc(CCCN(C)C)c4)cccc3[nH]2)n[nH]/c1=C/C=C(\C)c1cncc(NC(C)C)c1. The molecule has 2 aromatic carbocycles. The largest absolute Gasteiger partial charge is 0.382 e. The van der Waals surface area contributed by atoms with Crippen molar-refractivity contribution in [3.05, 3.63) is 88.4 Å². The van der Waals surface area contributed by atoms with Crippen molar-refractivity contribution in [1.82, 2.24) is 30.0 Å². The fourth-order valence-corrected chi connectivity index (χ4v) is 5.01. The second-order valence-corrected chi connectivity index (χ2v) is 11.3. The summed E-state index contributed by atoms with van der Waals surface area (Å²) in [6.07, 6.45) is 9.45. The summed E-state index contributed by atoms with van der Waals surface area (Å²) in [5.74, 6) is 0.369. The molecule has 216 valence electrons. The molecule has 0 aliphatic carbocycles. The van der Waals surface area contributed by atoms with Gasteiger partial charge in [0.25, 0.3) is 0 Å². The first-order valence-electron chi connectivity index (χ1n) is 14.3. The topological polar surface area (TPSA) is 85.5 Å². The average molecular weight is 564 g/mol. The molecular weight excluding hydrogens is 525 g/mol. The molecule has 0 atom stereocenters. The Hall–Kier alpha value is -4.56. The zero-order chi connectivity index (χ0) is 29.8. The van der Waals surface area contributed by atoms with Crippen LogP contribution in [0.1, 0.15) is 38.3 Å². The zero-order valence-electron chi connectivity index (χ0n) is 24.9. The Kier molecular flexibility index (Phi) is 8.64. The quantitative estimate of drug-likeness (QED) is 0.201. The molecule has 0 amide bonds. The fraction of sp³-hybridized carbons (Fsp3) is 0.265. The summed E-state index contributed by atoms with van der Waals surface area (Å²) in [5, 5.41) is 12.5. The third kappa shape index (κ3) is 6.66. The van der Waals surface area contributed by atoms with E-state index in [0.717, 1.165) is 74.5 Å². The molecule has 8 heteroatoms. The van der Waals surface area contributed by atoms with Gasteiger partial charge in [0.15, 0.2) is 5.82 Å². The number of para-hydroxylation sites is 1. The van der Waals surface area contributed by atoms with Crippen LogP contribution in [0.4, 0.5) is 10.1 Å². The number of imidazole rings is 1. The number of benzene rings is 2. The average Bonchev–Trinajstić information content (AvgIpc) is 3.54. The molecule has 0 bridgehead atoms. The van der Waals surface area contributed by atoms with Crippen molar-refractivity contribution in [2.24, 2.45) is 0 Å². The van der Waals surface area contributed by atoms with E-state index in [0.29, 0.717) is 17.6 Å². The predicted octanol–water partition coefficient (Wildman–Crippen LogP) is 5.76. The number of aromatic nitrogens is 5. The Labute approximate surface area is 245 Å². The van der Waals surface area contributed by atoms with Crippen molar-refractivity contribution >= 4 is 34.9 Å². The first-order valence-corrected chi connectivity index (χ1v) is 14.3. The molecule has 0 spiro atoms. The van der Waals surface area contributed by atoms with E-state index in [1.807, 2.05) is 63.8 Å². The lowest BCUT2D eigenvalue weighted by Crippen LogP contribution is -2.21. The Morgan fingerprint density at radius 1 is 1.14 bits per heavy atom. The van der Waals surface area contributed by atoms with Gasteiger partial charge < -0.3 is 15.2 Å². The number of nitrogens with one attached hydrogen (secondary N) is 3. The first-order chi connectivity index (χ1) is 20.2. The second-order valence-electron chi connectivity index (χ2n) is 11.3. The molecule has 3 N–H and O–H groups in total. The van der Waals surface area contributed by atoms with Crippen molar-refractivity contribution in [2.75, 3.05) is 26.0 Å². The van der Waals surface area contributed by atoms with Crippen LogP contribution in [0.3, 0.4) is 0 Å². The van der Waals surface area contributed by atoms with Gasteiger partial charge in [-0.15, -0.1) is 0 Å². The number of hydrogen-bond acceptors (Lipinski definition) is 5. The van der Waals surface area contributed by atoms with Crippen molar-refractivity contribution in [2.45, 2.75) is 39.7 Å². The number of halogens is 1. The highest BCUT2D eigenvalue weighted by Gasteiger charge is 2.14. The minimum Gasteiger partial charge on any atom is -0.382 e. The molecule has 5 aromatic rings. The minimum absolute atomic E-state index is 0.241. The van der Waals surface area contributed by atoms with Gasteiger partial charge in [-0.1, -0.05) is 30.9 Å². The summed E-state index contributed by atoms with van der Waals surface area (Å²) in [6.45, 7) is 11.5. The molecule has 3 aromatic heterocycles. The van der Waals surface area contributed by atoms with Gasteiger partial charge >= 0.3 is 0 Å². The molecule has 7 nitrogen and oxygen atoms in total. The highest BCUT2D eigenvalue weighted by atomic mass is 19.1. The van der Waals surface area contributed by atoms with E-state index in [4.69, 9.17) is 4.98 Å². The molecule has 0 fully saturated rings. The van der Waals surface area contributed by atoms with Crippen LogP contribution in [0, 0.1) is 5.82 Å². The van der Waals surface area contributed by atoms with Crippen LogP contribution in [-0.2, 0) is 6.42 Å². The third-order valence-electron chi connectivity index (χ3n) is 7.12. The smallest absolute Gasteiger partial charge is 0.159 e. The van der Waals surface area contributed by atoms with Crippen molar-refractivity contribution in [3.8, 4) is 22.6 Å². The number of allylic oxidation sites excluding steroid dienone is 2. The minimum atomic E-state index is -0.241. The number of nitrogens with zero attached hydrogens (tertiary/aromatic N) is 4. The highest BCUT2D eigenvalue weighted by molar-refractivity contribution is 5.93. The van der Waals surface area contributed by atoms with Gasteiger partial charge in [-0.25, -0.2) is 9.37 Å². The number of aromatic amines is 2. The number of H-pyrrole nitrogens is 2. The van der Waals surface area contributed by atoms with Crippen molar-refractivity contribution in [1.29, 1.82) is 0 Å². The van der Waals surface area contributed by atoms with E-state index < -0.39 is 0 Å². The number of rotatable bonds is 10. The summed E-state index contributed by atoms with van der Waals surface area (Å²) < 4.78 is 14.7. The van der Waals surface area contributed by atoms with Crippen LogP contribution >= 0.6 is 0 Å². The standard InChI is InChI=1S/C34H38FN7/c1-21(2)37-28-18-26(19-36-20-28)22(3)12-13-30-23(4)32(41-40-30)34-38-31-11-7-10-29(33(31)39-34)25-15-24(16-27(35)17-25)9-8-14-42(5)6/h7,10-13,15-21,37,40H,4,8-9,14H2,1-3,5-6H3,(H,38,39)/b22-12+,30-13+. The van der Waals surface area contributed by atoms with E-state index in [1.54, 1.807) is 12.1 Å². The van der Waals surface area contributed by atoms with Crippen molar-refractivity contribution < 1.29 is 4.39 Å². The maximum atomic E-state index is 14.7. The normalized spacial score (nSPS) is 12.7. The number of aryl methyl sites for hydroxylation is 1. The molecule has 0 radical (unpaired) electrons. The van der Waals surface area contributed by atoms with E-state index in [-0.39, 0.29) is 5.82 Å². The molecule has 3 heterocycles. The van der Waals surface area contributed by atoms with Gasteiger partial charge in [-0.05, 0) is 107 Å². The molecule has 0 aliphatic heterocycles. The number of fused-ring (bicyclic) bond motifs is 1. The summed E-state index contributed by atoms with van der Waals surface area (Å²) >= 11 is 0. The zero-order valence-corrected chi connectivity index (χ0v) is 24.9. The van der Waals surface area contributed by atoms with Crippen LogP contribution in [0.25, 0.3) is 51.9 Å². The highest BCUT2D eigenvalue weighted by Crippen LogP contribution is 2.30. The fourth-order valence-electron chi connectivity index (χ4n) is 5.01. The predicted molar refractivity (Wildman–Crippen MR) is 172 cm³/mol. The third-order valence-corrected chi connectivity index (χ3v) is 7.12. The Morgan fingerprint density at radius 3 is 2.76 bits per heavy atom. The lowest BCUT2D eigenvalue weighted by molar-refractivity contribution is 0.400. The second kappa shape index (κ2) is 12.5. The van der Waals surface area contributed by atoms with Gasteiger partial charge in [-0.2, -0.15) is 5.10 Å². The summed E-state index contributed by atoms with van der Waals surface area (Å²) in [7, 11) is 4.09. The number of pyridine rings is 1. The summed E-state index contributed by atoms with van der Waals surface area (Å²) in [6, 6.07) is 13.6. The maximum Gasteiger partial charge on any atom is 0.159 e. The van der Waals surface area contributed by atoms with E-state index in [2.05, 4.69) is 62.9 Å². The summed E-state index contributed by atoms with van der Waals surface area (Å²) in [5.41, 5.74) is 8.01. The van der Waals surface area contributed by atoms with Gasteiger partial charge in [0, 0.05) is 29.2 Å². The van der Waals surface area contributed by atoms with Gasteiger partial charge in [0.1, 0.15) is 11.5 Å². The van der Waals surface area contributed by atoms with Gasteiger partial charge in [-0.3, -0.25) is 10.1 Å². The number of anilines is 1. The molecule has 0 saturated heterocycles. The molecule has 0 aliphatic rings. The monoisotopic (exact) mass is 563 g/mol. The molecule has 0 saturated carbocycles. The first kappa shape index (κ1) is 29.0. The lowest BCUT2D eigenvalue weighted by Gasteiger charge is -2.10. The Bertz CT molecular complexity index is 1850. The molecular formula is C34H38FN7. The van der Waals surface area contributed by atoms with E-state index >= 15 is 0 Å².